The zero-order valence-corrected chi connectivity index (χ0v) is 24.0. The molecule has 1 saturated carbocycles. The molecule has 4 aromatic rings. The number of aromatic nitrogens is 1. The number of benzene rings is 3. The normalized spacial score (nSPS) is 21.9. The van der Waals surface area contributed by atoms with Gasteiger partial charge in [0.1, 0.15) is 0 Å². The van der Waals surface area contributed by atoms with Gasteiger partial charge in [-0.1, -0.05) is 85.4 Å². The highest BCUT2D eigenvalue weighted by atomic mass is 35.5. The number of hydrogen-bond donors (Lipinski definition) is 0. The molecule has 0 radical (unpaired) electrons. The van der Waals surface area contributed by atoms with Crippen LogP contribution in [0.4, 0.5) is 5.69 Å². The molecule has 2 heterocycles. The quantitative estimate of drug-likeness (QED) is 0.223. The van der Waals surface area contributed by atoms with Crippen molar-refractivity contribution in [3.8, 4) is 0 Å². The third-order valence-corrected chi connectivity index (χ3v) is 9.25. The van der Waals surface area contributed by atoms with E-state index in [1.807, 2.05) is 65.6 Å². The van der Waals surface area contributed by atoms with E-state index in [1.165, 1.54) is 18.2 Å². The Morgan fingerprint density at radius 1 is 1.00 bits per heavy atom. The fourth-order valence-corrected chi connectivity index (χ4v) is 7.15. The molecule has 0 bridgehead atoms. The highest BCUT2D eigenvalue weighted by Gasteiger charge is 2.41. The van der Waals surface area contributed by atoms with Crippen LogP contribution < -0.4 is 0 Å². The second-order valence-corrected chi connectivity index (χ2v) is 12.2. The van der Waals surface area contributed by atoms with Crippen molar-refractivity contribution in [2.24, 2.45) is 10.9 Å². The van der Waals surface area contributed by atoms with Crippen LogP contribution in [0.2, 0.25) is 10.0 Å². The lowest BCUT2D eigenvalue weighted by atomic mass is 9.85. The molecule has 7 heteroatoms. The largest absolute Gasteiger partial charge is 0.342 e. The minimum absolute atomic E-state index is 0.0472. The van der Waals surface area contributed by atoms with Gasteiger partial charge in [0, 0.05) is 45.3 Å². The molecule has 1 saturated heterocycles. The summed E-state index contributed by atoms with van der Waals surface area (Å²) in [7, 11) is 0. The first-order chi connectivity index (χ1) is 19.0. The number of amidine groups is 1. The Morgan fingerprint density at radius 3 is 2.56 bits per heavy atom. The standard InChI is InChI=1S/C32H29Cl2N3OS/c1-21-9-5-7-13-28(21)37-31(38)30(39-32(37)35-25-10-3-2-4-11-25)17-23-20-36(29-14-8-6-12-26(23)29)19-22-15-16-24(33)18-27(22)34/h2-4,6,8,10-12,14-18,20-21,28H,5,7,9,13,19H2,1H3/b30-17-,35-32?/t21-,28+/m1/s1. The zero-order chi connectivity index (χ0) is 26.9. The van der Waals surface area contributed by atoms with Gasteiger partial charge in [-0.2, -0.15) is 0 Å². The molecule has 1 aliphatic heterocycles. The summed E-state index contributed by atoms with van der Waals surface area (Å²) in [6.45, 7) is 2.87. The van der Waals surface area contributed by atoms with Crippen LogP contribution in [-0.2, 0) is 11.3 Å². The number of thioether (sulfide) groups is 1. The van der Waals surface area contributed by atoms with Gasteiger partial charge in [-0.25, -0.2) is 4.99 Å². The van der Waals surface area contributed by atoms with Crippen molar-refractivity contribution in [3.05, 3.63) is 105 Å². The van der Waals surface area contributed by atoms with Gasteiger partial charge in [-0.05, 0) is 72.5 Å². The third-order valence-electron chi connectivity index (χ3n) is 7.68. The fraction of sp³-hybridized carbons (Fsp3) is 0.250. The smallest absolute Gasteiger partial charge is 0.267 e. The summed E-state index contributed by atoms with van der Waals surface area (Å²) in [5.41, 5.74) is 3.94. The molecule has 198 valence electrons. The summed E-state index contributed by atoms with van der Waals surface area (Å²) in [5.74, 6) is 0.487. The van der Waals surface area contributed by atoms with Gasteiger partial charge < -0.3 is 4.57 Å². The number of amides is 1. The van der Waals surface area contributed by atoms with Gasteiger partial charge in [-0.15, -0.1) is 0 Å². The molecular formula is C32H29Cl2N3OS. The van der Waals surface area contributed by atoms with E-state index in [4.69, 9.17) is 28.2 Å². The lowest BCUT2D eigenvalue weighted by Gasteiger charge is -2.35. The molecule has 2 fully saturated rings. The SMILES string of the molecule is C[C@@H]1CCCC[C@@H]1N1C(=O)/C(=C/c2cn(Cc3ccc(Cl)cc3Cl)c3ccccc23)SC1=Nc1ccccc1. The van der Waals surface area contributed by atoms with Crippen LogP contribution in [0.5, 0.6) is 0 Å². The maximum Gasteiger partial charge on any atom is 0.267 e. The number of aliphatic imine (C=N–C) groups is 1. The average molecular weight is 575 g/mol. The maximum absolute atomic E-state index is 14.0. The Kier molecular flexibility index (Phi) is 7.57. The van der Waals surface area contributed by atoms with E-state index in [0.29, 0.717) is 27.4 Å². The fourth-order valence-electron chi connectivity index (χ4n) is 5.65. The van der Waals surface area contributed by atoms with Gasteiger partial charge in [0.05, 0.1) is 10.6 Å². The van der Waals surface area contributed by atoms with Crippen LogP contribution in [0.3, 0.4) is 0 Å². The first-order valence-corrected chi connectivity index (χ1v) is 14.9. The molecule has 2 aliphatic rings. The van der Waals surface area contributed by atoms with Gasteiger partial charge >= 0.3 is 0 Å². The Balaban J connectivity index is 1.40. The lowest BCUT2D eigenvalue weighted by molar-refractivity contribution is -0.124. The van der Waals surface area contributed by atoms with Crippen molar-refractivity contribution in [3.63, 3.8) is 0 Å². The number of para-hydroxylation sites is 2. The van der Waals surface area contributed by atoms with Crippen LogP contribution in [0.25, 0.3) is 17.0 Å². The molecule has 39 heavy (non-hydrogen) atoms. The van der Waals surface area contributed by atoms with Crippen LogP contribution >= 0.6 is 35.0 Å². The summed E-state index contributed by atoms with van der Waals surface area (Å²) < 4.78 is 2.18. The van der Waals surface area contributed by atoms with E-state index in [9.17, 15) is 4.79 Å². The van der Waals surface area contributed by atoms with E-state index in [2.05, 4.69) is 29.8 Å². The summed E-state index contributed by atoms with van der Waals surface area (Å²) in [6, 6.07) is 23.9. The van der Waals surface area contributed by atoms with Crippen LogP contribution in [-0.4, -0.2) is 26.6 Å². The Morgan fingerprint density at radius 2 is 1.77 bits per heavy atom. The summed E-state index contributed by atoms with van der Waals surface area (Å²) in [6.07, 6.45) is 8.65. The third kappa shape index (κ3) is 5.41. The minimum atomic E-state index is 0.0472. The van der Waals surface area contributed by atoms with E-state index in [-0.39, 0.29) is 11.9 Å². The van der Waals surface area contributed by atoms with Gasteiger partial charge in [0.15, 0.2) is 5.17 Å². The highest BCUT2D eigenvalue weighted by molar-refractivity contribution is 8.18. The summed E-state index contributed by atoms with van der Waals surface area (Å²) >= 11 is 14.1. The molecule has 0 unspecified atom stereocenters. The number of carbonyl (C=O) groups is 1. The predicted octanol–water partition coefficient (Wildman–Crippen LogP) is 9.18. The minimum Gasteiger partial charge on any atom is -0.342 e. The Bertz CT molecular complexity index is 1590. The van der Waals surface area contributed by atoms with E-state index in [1.54, 1.807) is 6.07 Å². The number of rotatable bonds is 5. The van der Waals surface area contributed by atoms with Gasteiger partial charge in [0.25, 0.3) is 5.91 Å². The molecule has 3 aromatic carbocycles. The van der Waals surface area contributed by atoms with E-state index >= 15 is 0 Å². The van der Waals surface area contributed by atoms with Gasteiger partial charge in [-0.3, -0.25) is 9.69 Å². The maximum atomic E-state index is 14.0. The van der Waals surface area contributed by atoms with E-state index < -0.39 is 0 Å². The molecule has 0 N–H and O–H groups in total. The molecule has 6 rings (SSSR count). The van der Waals surface area contributed by atoms with Gasteiger partial charge in [0.2, 0.25) is 0 Å². The monoisotopic (exact) mass is 573 g/mol. The second kappa shape index (κ2) is 11.2. The zero-order valence-electron chi connectivity index (χ0n) is 21.7. The number of nitrogens with zero attached hydrogens (tertiary/aromatic N) is 3. The molecule has 4 nitrogen and oxygen atoms in total. The highest BCUT2D eigenvalue weighted by Crippen LogP contribution is 2.41. The van der Waals surface area contributed by atoms with Crippen molar-refractivity contribution >= 4 is 68.7 Å². The summed E-state index contributed by atoms with van der Waals surface area (Å²) in [5, 5.41) is 3.12. The predicted molar refractivity (Wildman–Crippen MR) is 165 cm³/mol. The van der Waals surface area contributed by atoms with Crippen LogP contribution in [0.15, 0.2) is 88.9 Å². The van der Waals surface area contributed by atoms with Crippen molar-refractivity contribution < 1.29 is 4.79 Å². The number of carbonyl (C=O) groups excluding carboxylic acids is 1. The van der Waals surface area contributed by atoms with Crippen molar-refractivity contribution in [1.82, 2.24) is 9.47 Å². The summed E-state index contributed by atoms with van der Waals surface area (Å²) in [4.78, 5) is 21.6. The van der Waals surface area contributed by atoms with Crippen LogP contribution in [0, 0.1) is 5.92 Å². The van der Waals surface area contributed by atoms with Crippen LogP contribution in [0.1, 0.15) is 43.7 Å². The number of halogens is 2. The second-order valence-electron chi connectivity index (χ2n) is 10.3. The molecule has 1 amide bonds. The lowest BCUT2D eigenvalue weighted by Crippen LogP contribution is -2.44. The average Bonchev–Trinajstić information content (AvgIpc) is 3.43. The first-order valence-electron chi connectivity index (χ1n) is 13.4. The van der Waals surface area contributed by atoms with E-state index in [0.717, 1.165) is 52.1 Å². The van der Waals surface area contributed by atoms with Crippen molar-refractivity contribution in [2.45, 2.75) is 45.2 Å². The van der Waals surface area contributed by atoms with Crippen molar-refractivity contribution in [1.29, 1.82) is 0 Å². The first kappa shape index (κ1) is 26.2. The topological polar surface area (TPSA) is 37.6 Å². The van der Waals surface area contributed by atoms with Crippen molar-refractivity contribution in [2.75, 3.05) is 0 Å². The Labute approximate surface area is 243 Å². The molecule has 1 aliphatic carbocycles. The molecular weight excluding hydrogens is 545 g/mol. The Hall–Kier alpha value is -2.99. The molecule has 1 aromatic heterocycles. The molecule has 2 atom stereocenters. The number of hydrogen-bond acceptors (Lipinski definition) is 3. The molecule has 0 spiro atoms. The number of fused-ring (bicyclic) bond motifs is 1.